The van der Waals surface area contributed by atoms with Crippen LogP contribution in [0.2, 0.25) is 0 Å². The van der Waals surface area contributed by atoms with E-state index >= 15 is 0 Å². The average Bonchev–Trinajstić information content (AvgIpc) is 2.99. The van der Waals surface area contributed by atoms with Crippen molar-refractivity contribution in [2.75, 3.05) is 5.73 Å². The zero-order chi connectivity index (χ0) is 18.1. The van der Waals surface area contributed by atoms with Crippen molar-refractivity contribution in [3.8, 4) is 23.4 Å². The zero-order valence-electron chi connectivity index (χ0n) is 15.4. The SMILES string of the molecule is Cl.Cl.Cn1c(-c2ccccn2)nc2c(N)nc(C#CC3(O)CCCCC3)nc21. The number of halogens is 2. The van der Waals surface area contributed by atoms with Crippen LogP contribution in [0.5, 0.6) is 0 Å². The molecule has 0 unspecified atom stereocenters. The monoisotopic (exact) mass is 420 g/mol. The molecule has 0 saturated heterocycles. The summed E-state index contributed by atoms with van der Waals surface area (Å²) in [6.07, 6.45) is 6.21. The van der Waals surface area contributed by atoms with Crippen LogP contribution in [0.3, 0.4) is 0 Å². The Morgan fingerprint density at radius 1 is 1.11 bits per heavy atom. The number of fused-ring (bicyclic) bond motifs is 1. The van der Waals surface area contributed by atoms with Gasteiger partial charge in [-0.2, -0.15) is 0 Å². The van der Waals surface area contributed by atoms with Crippen molar-refractivity contribution in [1.29, 1.82) is 0 Å². The lowest BCUT2D eigenvalue weighted by Gasteiger charge is -2.26. The molecule has 7 nitrogen and oxygen atoms in total. The maximum atomic E-state index is 10.5. The van der Waals surface area contributed by atoms with Gasteiger partial charge in [0.05, 0.1) is 0 Å². The molecular formula is C19H22Cl2N6O. The van der Waals surface area contributed by atoms with E-state index < -0.39 is 5.60 Å². The van der Waals surface area contributed by atoms with Gasteiger partial charge in [-0.05, 0) is 43.7 Å². The van der Waals surface area contributed by atoms with Gasteiger partial charge in [-0.3, -0.25) is 4.98 Å². The third kappa shape index (κ3) is 4.20. The molecule has 3 N–H and O–H groups in total. The maximum absolute atomic E-state index is 10.5. The molecule has 1 aliphatic carbocycles. The molecule has 9 heteroatoms. The van der Waals surface area contributed by atoms with Crippen LogP contribution >= 0.6 is 24.8 Å². The second-order valence-corrected chi connectivity index (χ2v) is 6.66. The van der Waals surface area contributed by atoms with E-state index in [9.17, 15) is 5.11 Å². The van der Waals surface area contributed by atoms with E-state index in [0.717, 1.165) is 25.0 Å². The highest BCUT2D eigenvalue weighted by Crippen LogP contribution is 2.27. The molecule has 0 spiro atoms. The van der Waals surface area contributed by atoms with Gasteiger partial charge in [0.1, 0.15) is 11.3 Å². The van der Waals surface area contributed by atoms with Crippen LogP contribution < -0.4 is 5.73 Å². The number of nitrogens with zero attached hydrogens (tertiary/aromatic N) is 5. The molecule has 0 aliphatic heterocycles. The molecule has 3 heterocycles. The standard InChI is InChI=1S/C19H20N6O.2ClH/c1-25-17(13-7-3-6-12-21-13)24-15-16(20)22-14(23-18(15)25)8-11-19(26)9-4-2-5-10-19;;/h3,6-7,12,26H,2,4-5,9-10H2,1H3,(H2,20,22,23);2*1H. The summed E-state index contributed by atoms with van der Waals surface area (Å²) >= 11 is 0. The number of aromatic nitrogens is 5. The molecule has 3 aromatic heterocycles. The molecule has 28 heavy (non-hydrogen) atoms. The van der Waals surface area contributed by atoms with Crippen LogP contribution in [-0.4, -0.2) is 35.2 Å². The fourth-order valence-electron chi connectivity index (χ4n) is 3.30. The summed E-state index contributed by atoms with van der Waals surface area (Å²) in [5.41, 5.74) is 6.99. The Balaban J connectivity index is 0.00000140. The van der Waals surface area contributed by atoms with Gasteiger partial charge < -0.3 is 15.4 Å². The number of nitrogen functional groups attached to an aromatic ring is 1. The second-order valence-electron chi connectivity index (χ2n) is 6.66. The minimum absolute atomic E-state index is 0. The van der Waals surface area contributed by atoms with Gasteiger partial charge >= 0.3 is 0 Å². The van der Waals surface area contributed by atoms with Crippen molar-refractivity contribution < 1.29 is 5.11 Å². The molecule has 4 rings (SSSR count). The van der Waals surface area contributed by atoms with Crippen molar-refractivity contribution in [2.45, 2.75) is 37.7 Å². The van der Waals surface area contributed by atoms with Gasteiger partial charge in [-0.1, -0.05) is 18.4 Å². The normalized spacial score (nSPS) is 15.1. The smallest absolute Gasteiger partial charge is 0.209 e. The van der Waals surface area contributed by atoms with E-state index in [1.54, 1.807) is 6.20 Å². The summed E-state index contributed by atoms with van der Waals surface area (Å²) in [5, 5.41) is 10.5. The van der Waals surface area contributed by atoms with Gasteiger partial charge in [-0.25, -0.2) is 15.0 Å². The van der Waals surface area contributed by atoms with Gasteiger partial charge in [0.2, 0.25) is 5.82 Å². The number of nitrogens with two attached hydrogens (primary N) is 1. The van der Waals surface area contributed by atoms with E-state index in [-0.39, 0.29) is 30.6 Å². The first-order valence-corrected chi connectivity index (χ1v) is 8.73. The maximum Gasteiger partial charge on any atom is 0.209 e. The molecule has 0 radical (unpaired) electrons. The summed E-state index contributed by atoms with van der Waals surface area (Å²) in [4.78, 5) is 17.6. The second kappa shape index (κ2) is 8.74. The number of aryl methyl sites for hydroxylation is 1. The lowest BCUT2D eigenvalue weighted by atomic mass is 9.85. The minimum atomic E-state index is -0.948. The Morgan fingerprint density at radius 3 is 2.54 bits per heavy atom. The van der Waals surface area contributed by atoms with Gasteiger partial charge in [0, 0.05) is 13.2 Å². The Morgan fingerprint density at radius 2 is 1.86 bits per heavy atom. The van der Waals surface area contributed by atoms with Gasteiger partial charge in [-0.15, -0.1) is 24.8 Å². The topological polar surface area (TPSA) is 103 Å². The average molecular weight is 421 g/mol. The lowest BCUT2D eigenvalue weighted by molar-refractivity contribution is 0.0610. The molecule has 3 aromatic rings. The third-order valence-electron chi connectivity index (χ3n) is 4.73. The van der Waals surface area contributed by atoms with Crippen LogP contribution in [0, 0.1) is 11.8 Å². The number of imidazole rings is 1. The van der Waals surface area contributed by atoms with E-state index in [4.69, 9.17) is 5.73 Å². The summed E-state index contributed by atoms with van der Waals surface area (Å²) in [7, 11) is 1.86. The fraction of sp³-hybridized carbons (Fsp3) is 0.368. The van der Waals surface area contributed by atoms with Crippen molar-refractivity contribution >= 4 is 41.8 Å². The Hall–Kier alpha value is -2.40. The van der Waals surface area contributed by atoms with E-state index in [2.05, 4.69) is 31.8 Å². The Labute approximate surface area is 175 Å². The predicted molar refractivity (Wildman–Crippen MR) is 113 cm³/mol. The first kappa shape index (κ1) is 21.9. The molecule has 0 atom stereocenters. The molecule has 148 valence electrons. The van der Waals surface area contributed by atoms with Crippen molar-refractivity contribution in [3.05, 3.63) is 30.2 Å². The number of hydrogen-bond donors (Lipinski definition) is 2. The number of hydrogen-bond acceptors (Lipinski definition) is 6. The van der Waals surface area contributed by atoms with Gasteiger partial charge in [0.15, 0.2) is 22.8 Å². The van der Waals surface area contributed by atoms with Crippen LogP contribution in [0.25, 0.3) is 22.7 Å². The van der Waals surface area contributed by atoms with Crippen LogP contribution in [0.15, 0.2) is 24.4 Å². The number of rotatable bonds is 1. The number of aliphatic hydroxyl groups is 1. The molecule has 0 amide bonds. The van der Waals surface area contributed by atoms with Crippen LogP contribution in [-0.2, 0) is 7.05 Å². The summed E-state index contributed by atoms with van der Waals surface area (Å²) in [6, 6.07) is 5.63. The first-order chi connectivity index (χ1) is 12.6. The van der Waals surface area contributed by atoms with Crippen molar-refractivity contribution in [2.24, 2.45) is 7.05 Å². The molecule has 1 aliphatic rings. The molecule has 1 fully saturated rings. The van der Waals surface area contributed by atoms with Crippen LogP contribution in [0.4, 0.5) is 5.82 Å². The largest absolute Gasteiger partial charge is 0.382 e. The quantitative estimate of drug-likeness (QED) is 0.586. The van der Waals surface area contributed by atoms with E-state index in [0.29, 0.717) is 35.7 Å². The molecule has 0 bridgehead atoms. The summed E-state index contributed by atoms with van der Waals surface area (Å²) in [6.45, 7) is 0. The molecular weight excluding hydrogens is 399 g/mol. The lowest BCUT2D eigenvalue weighted by Crippen LogP contribution is -2.29. The van der Waals surface area contributed by atoms with E-state index in [1.807, 2.05) is 29.8 Å². The summed E-state index contributed by atoms with van der Waals surface area (Å²) < 4.78 is 1.83. The fourth-order valence-corrected chi connectivity index (χ4v) is 3.30. The van der Waals surface area contributed by atoms with Crippen molar-refractivity contribution in [1.82, 2.24) is 24.5 Å². The predicted octanol–water partition coefficient (Wildman–Crippen LogP) is 2.90. The summed E-state index contributed by atoms with van der Waals surface area (Å²) in [5.74, 6) is 7.08. The van der Waals surface area contributed by atoms with Crippen molar-refractivity contribution in [3.63, 3.8) is 0 Å². The van der Waals surface area contributed by atoms with Gasteiger partial charge in [0.25, 0.3) is 0 Å². The highest BCUT2D eigenvalue weighted by atomic mass is 35.5. The molecule has 1 saturated carbocycles. The Kier molecular flexibility index (Phi) is 6.83. The molecule has 0 aromatic carbocycles. The first-order valence-electron chi connectivity index (χ1n) is 8.73. The number of anilines is 1. The highest BCUT2D eigenvalue weighted by Gasteiger charge is 2.26. The van der Waals surface area contributed by atoms with E-state index in [1.165, 1.54) is 0 Å². The minimum Gasteiger partial charge on any atom is -0.382 e. The number of pyridine rings is 1. The zero-order valence-corrected chi connectivity index (χ0v) is 17.1. The van der Waals surface area contributed by atoms with Crippen LogP contribution in [0.1, 0.15) is 37.9 Å². The Bertz CT molecular complexity index is 1020. The highest BCUT2D eigenvalue weighted by molar-refractivity contribution is 5.86. The third-order valence-corrected chi connectivity index (χ3v) is 4.73.